The smallest absolute Gasteiger partial charge is 0.338 e. The van der Waals surface area contributed by atoms with E-state index in [1.807, 2.05) is 49.6 Å². The number of rotatable bonds is 10. The van der Waals surface area contributed by atoms with E-state index < -0.39 is 20.6 Å². The van der Waals surface area contributed by atoms with Gasteiger partial charge in [-0.1, -0.05) is 17.7 Å². The number of aryl methyl sites for hydroxylation is 3. The number of anilines is 2. The van der Waals surface area contributed by atoms with E-state index in [1.165, 1.54) is 18.3 Å². The van der Waals surface area contributed by atoms with Gasteiger partial charge < -0.3 is 9.30 Å². The van der Waals surface area contributed by atoms with Crippen LogP contribution in [0.4, 0.5) is 17.1 Å². The molecule has 4 aromatic rings. The molecule has 0 saturated heterocycles. The summed E-state index contributed by atoms with van der Waals surface area (Å²) in [6.45, 7) is 9.54. The van der Waals surface area contributed by atoms with Crippen molar-refractivity contribution in [3.05, 3.63) is 110 Å². The van der Waals surface area contributed by atoms with Crippen LogP contribution in [0.15, 0.2) is 76.7 Å². The number of hydrazone groups is 1. The summed E-state index contributed by atoms with van der Waals surface area (Å²) in [6.07, 6.45) is 1.53. The molecule has 2 N–H and O–H groups in total. The van der Waals surface area contributed by atoms with Gasteiger partial charge in [0, 0.05) is 28.7 Å². The second-order valence-electron chi connectivity index (χ2n) is 9.66. The Kier molecular flexibility index (Phi) is 8.76. The van der Waals surface area contributed by atoms with Crippen LogP contribution in [0.2, 0.25) is 0 Å². The molecule has 3 aromatic carbocycles. The summed E-state index contributed by atoms with van der Waals surface area (Å²) in [5.41, 5.74) is 8.18. The fourth-order valence-corrected chi connectivity index (χ4v) is 5.65. The molecule has 0 spiro atoms. The Bertz CT molecular complexity index is 1790. The fraction of sp³-hybridized carbons (Fsp3) is 0.200. The van der Waals surface area contributed by atoms with Gasteiger partial charge in [-0.2, -0.15) is 5.10 Å². The Morgan fingerprint density at radius 1 is 1.00 bits per heavy atom. The van der Waals surface area contributed by atoms with Crippen molar-refractivity contribution in [1.29, 1.82) is 0 Å². The molecule has 42 heavy (non-hydrogen) atoms. The minimum Gasteiger partial charge on any atom is -0.462 e. The molecule has 0 fully saturated rings. The Morgan fingerprint density at radius 2 is 1.69 bits per heavy atom. The van der Waals surface area contributed by atoms with Crippen molar-refractivity contribution in [3.8, 4) is 5.69 Å². The Balaban J connectivity index is 1.54. The monoisotopic (exact) mass is 589 g/mol. The van der Waals surface area contributed by atoms with E-state index in [4.69, 9.17) is 4.74 Å². The number of carbonyl (C=O) groups excluding carboxylic acids is 1. The molecule has 1 heterocycles. The molecule has 0 aliphatic carbocycles. The van der Waals surface area contributed by atoms with Gasteiger partial charge in [-0.25, -0.2) is 13.2 Å². The summed E-state index contributed by atoms with van der Waals surface area (Å²) < 4.78 is 35.5. The average Bonchev–Trinajstić information content (AvgIpc) is 3.22. The molecule has 0 aliphatic rings. The first-order valence-electron chi connectivity index (χ1n) is 13.1. The van der Waals surface area contributed by atoms with Crippen LogP contribution in [-0.2, 0) is 14.8 Å². The lowest BCUT2D eigenvalue weighted by Gasteiger charge is -2.12. The second kappa shape index (κ2) is 12.3. The number of hydrogen-bond acceptors (Lipinski definition) is 8. The third kappa shape index (κ3) is 6.50. The number of nitro groups is 1. The molecule has 0 amide bonds. The van der Waals surface area contributed by atoms with Crippen molar-refractivity contribution in [2.24, 2.45) is 5.10 Å². The van der Waals surface area contributed by atoms with Gasteiger partial charge in [0.05, 0.1) is 33.9 Å². The number of ether oxygens (including phenoxy) is 1. The predicted octanol–water partition coefficient (Wildman–Crippen LogP) is 6.04. The molecule has 0 aliphatic heterocycles. The van der Waals surface area contributed by atoms with Crippen LogP contribution in [0, 0.1) is 37.8 Å². The first kappa shape index (κ1) is 30.0. The SMILES string of the molecule is CCOC(=O)c1ccc(-n2c(C)cc(/C=N\Nc3ccc(S(=O)(=O)Nc4ccc(C)cc4C)cc3[N+](=O)[O-])c2C)cc1. The van der Waals surface area contributed by atoms with Crippen molar-refractivity contribution in [2.75, 3.05) is 16.8 Å². The molecule has 0 atom stereocenters. The normalized spacial score (nSPS) is 11.5. The van der Waals surface area contributed by atoms with E-state index in [9.17, 15) is 23.3 Å². The molecular formula is C30H31N5O6S. The summed E-state index contributed by atoms with van der Waals surface area (Å²) in [7, 11) is -4.08. The van der Waals surface area contributed by atoms with Crippen LogP contribution in [0.3, 0.4) is 0 Å². The molecule has 0 radical (unpaired) electrons. The minimum absolute atomic E-state index is 0.0325. The van der Waals surface area contributed by atoms with E-state index in [1.54, 1.807) is 38.1 Å². The molecule has 12 heteroatoms. The first-order chi connectivity index (χ1) is 19.9. The number of benzene rings is 3. The molecule has 1 aromatic heterocycles. The summed E-state index contributed by atoms with van der Waals surface area (Å²) in [6, 6.07) is 17.8. The van der Waals surface area contributed by atoms with Crippen molar-refractivity contribution in [1.82, 2.24) is 4.57 Å². The Labute approximate surface area is 244 Å². The van der Waals surface area contributed by atoms with Crippen LogP contribution in [0.1, 0.15) is 45.4 Å². The van der Waals surface area contributed by atoms with Gasteiger partial charge in [0.15, 0.2) is 0 Å². The van der Waals surface area contributed by atoms with Gasteiger partial charge in [0.1, 0.15) is 5.69 Å². The lowest BCUT2D eigenvalue weighted by molar-refractivity contribution is -0.384. The van der Waals surface area contributed by atoms with Crippen LogP contribution >= 0.6 is 0 Å². The lowest BCUT2D eigenvalue weighted by Crippen LogP contribution is -2.14. The third-order valence-corrected chi connectivity index (χ3v) is 7.96. The quantitative estimate of drug-likeness (QED) is 0.0992. The minimum atomic E-state index is -4.08. The number of nitrogens with zero attached hydrogens (tertiary/aromatic N) is 3. The zero-order chi connectivity index (χ0) is 30.6. The number of nitro benzene ring substituents is 1. The average molecular weight is 590 g/mol. The van der Waals surface area contributed by atoms with Crippen molar-refractivity contribution < 1.29 is 22.9 Å². The van der Waals surface area contributed by atoms with Crippen LogP contribution in [-0.4, -0.2) is 36.7 Å². The van der Waals surface area contributed by atoms with E-state index in [-0.39, 0.29) is 16.6 Å². The van der Waals surface area contributed by atoms with Crippen LogP contribution < -0.4 is 10.1 Å². The molecule has 11 nitrogen and oxygen atoms in total. The van der Waals surface area contributed by atoms with E-state index in [0.29, 0.717) is 17.9 Å². The van der Waals surface area contributed by atoms with Crippen molar-refractivity contribution in [2.45, 2.75) is 39.5 Å². The number of sulfonamides is 1. The highest BCUT2D eigenvalue weighted by Gasteiger charge is 2.22. The maximum atomic E-state index is 13.0. The van der Waals surface area contributed by atoms with Gasteiger partial charge >= 0.3 is 5.97 Å². The molecule has 0 bridgehead atoms. The Hall–Kier alpha value is -4.97. The van der Waals surface area contributed by atoms with Crippen molar-refractivity contribution in [3.63, 3.8) is 0 Å². The third-order valence-electron chi connectivity index (χ3n) is 6.60. The van der Waals surface area contributed by atoms with Gasteiger partial charge in [0.25, 0.3) is 15.7 Å². The van der Waals surface area contributed by atoms with Gasteiger partial charge in [-0.3, -0.25) is 20.3 Å². The molecule has 0 unspecified atom stereocenters. The molecule has 0 saturated carbocycles. The van der Waals surface area contributed by atoms with Crippen LogP contribution in [0.5, 0.6) is 0 Å². The first-order valence-corrected chi connectivity index (χ1v) is 14.5. The largest absolute Gasteiger partial charge is 0.462 e. The highest BCUT2D eigenvalue weighted by molar-refractivity contribution is 7.92. The summed E-state index contributed by atoms with van der Waals surface area (Å²) in [5.74, 6) is -0.388. The Morgan fingerprint density at radius 3 is 2.33 bits per heavy atom. The molecular weight excluding hydrogens is 558 g/mol. The molecule has 4 rings (SSSR count). The van der Waals surface area contributed by atoms with Gasteiger partial charge in [-0.05, 0) is 88.7 Å². The second-order valence-corrected chi connectivity index (χ2v) is 11.3. The fourth-order valence-electron chi connectivity index (χ4n) is 4.50. The zero-order valence-electron chi connectivity index (χ0n) is 23.8. The van der Waals surface area contributed by atoms with Crippen molar-refractivity contribution >= 4 is 39.3 Å². The number of hydrogen-bond donors (Lipinski definition) is 2. The highest BCUT2D eigenvalue weighted by atomic mass is 32.2. The van der Waals surface area contributed by atoms with E-state index in [2.05, 4.69) is 15.2 Å². The summed E-state index contributed by atoms with van der Waals surface area (Å²) >= 11 is 0. The zero-order valence-corrected chi connectivity index (χ0v) is 24.7. The summed E-state index contributed by atoms with van der Waals surface area (Å²) in [5, 5.41) is 16.0. The molecule has 218 valence electrons. The van der Waals surface area contributed by atoms with Gasteiger partial charge in [-0.15, -0.1) is 0 Å². The standard InChI is InChI=1S/C30H31N5O6S/c1-6-41-30(36)23-8-10-25(11-9-23)34-21(4)16-24(22(34)5)18-31-32-28-14-12-26(17-29(28)35(37)38)42(39,40)33-27-13-7-19(2)15-20(27)3/h7-18,32-33H,6H2,1-5H3/b31-18-. The number of nitrogens with one attached hydrogen (secondary N) is 2. The number of aromatic nitrogens is 1. The lowest BCUT2D eigenvalue weighted by atomic mass is 10.1. The maximum Gasteiger partial charge on any atom is 0.338 e. The summed E-state index contributed by atoms with van der Waals surface area (Å²) in [4.78, 5) is 22.9. The van der Waals surface area contributed by atoms with Gasteiger partial charge in [0.2, 0.25) is 0 Å². The van der Waals surface area contributed by atoms with Crippen LogP contribution in [0.25, 0.3) is 5.69 Å². The van der Waals surface area contributed by atoms with E-state index >= 15 is 0 Å². The number of carbonyl (C=O) groups is 1. The maximum absolute atomic E-state index is 13.0. The predicted molar refractivity (Wildman–Crippen MR) is 162 cm³/mol. The highest BCUT2D eigenvalue weighted by Crippen LogP contribution is 2.29. The number of esters is 1. The van der Waals surface area contributed by atoms with E-state index in [0.717, 1.165) is 39.8 Å². The topological polar surface area (TPSA) is 145 Å².